The summed E-state index contributed by atoms with van der Waals surface area (Å²) >= 11 is 0. The predicted molar refractivity (Wildman–Crippen MR) is 81.1 cm³/mol. The molecule has 2 N–H and O–H groups in total. The topological polar surface area (TPSA) is 66.0 Å². The van der Waals surface area contributed by atoms with Crippen molar-refractivity contribution in [1.82, 2.24) is 20.1 Å². The number of rotatable bonds is 7. The van der Waals surface area contributed by atoms with Crippen LogP contribution in [0.2, 0.25) is 0 Å². The van der Waals surface area contributed by atoms with Crippen LogP contribution in [0, 0.1) is 11.6 Å². The molecule has 0 aliphatic heterocycles. The van der Waals surface area contributed by atoms with Crippen LogP contribution in [0.5, 0.6) is 0 Å². The van der Waals surface area contributed by atoms with Gasteiger partial charge in [-0.2, -0.15) is 10.1 Å². The van der Waals surface area contributed by atoms with E-state index >= 15 is 0 Å². The second-order valence-electron chi connectivity index (χ2n) is 5.00. The van der Waals surface area contributed by atoms with Gasteiger partial charge in [0.15, 0.2) is 5.82 Å². The van der Waals surface area contributed by atoms with E-state index in [9.17, 15) is 8.78 Å². The highest BCUT2D eigenvalue weighted by Gasteiger charge is 2.06. The molecule has 0 amide bonds. The number of halogens is 2. The van der Waals surface area contributed by atoms with Crippen LogP contribution < -0.4 is 10.6 Å². The largest absolute Gasteiger partial charge is 0.353 e. The van der Waals surface area contributed by atoms with Crippen LogP contribution >= 0.6 is 0 Å². The number of anilines is 3. The standard InChI is InChI=1S/C14H18F2N6/c1-22(2)7-3-6-17-14-20-13(9-18-21-14)19-12-5-4-10(15)8-11(12)16/h4-5,8-9H,3,6-7H2,1-2H3,(H2,17,19,20,21). The van der Waals surface area contributed by atoms with Crippen molar-refractivity contribution in [2.24, 2.45) is 0 Å². The molecule has 0 saturated heterocycles. The Kier molecular flexibility index (Phi) is 5.54. The van der Waals surface area contributed by atoms with Gasteiger partial charge in [0.25, 0.3) is 0 Å². The van der Waals surface area contributed by atoms with E-state index in [1.54, 1.807) is 0 Å². The maximum absolute atomic E-state index is 13.6. The highest BCUT2D eigenvalue weighted by Crippen LogP contribution is 2.19. The van der Waals surface area contributed by atoms with Crippen molar-refractivity contribution in [2.75, 3.05) is 37.8 Å². The van der Waals surface area contributed by atoms with E-state index in [4.69, 9.17) is 0 Å². The second-order valence-corrected chi connectivity index (χ2v) is 5.00. The van der Waals surface area contributed by atoms with Crippen molar-refractivity contribution < 1.29 is 8.78 Å². The Labute approximate surface area is 127 Å². The average Bonchev–Trinajstić information content (AvgIpc) is 2.47. The van der Waals surface area contributed by atoms with Crippen molar-refractivity contribution in [3.8, 4) is 0 Å². The summed E-state index contributed by atoms with van der Waals surface area (Å²) in [4.78, 5) is 6.26. The lowest BCUT2D eigenvalue weighted by molar-refractivity contribution is 0.405. The van der Waals surface area contributed by atoms with Crippen molar-refractivity contribution >= 4 is 17.5 Å². The first-order valence-electron chi connectivity index (χ1n) is 6.85. The smallest absolute Gasteiger partial charge is 0.244 e. The van der Waals surface area contributed by atoms with Crippen LogP contribution in [-0.4, -0.2) is 47.3 Å². The lowest BCUT2D eigenvalue weighted by atomic mass is 10.3. The number of nitrogens with one attached hydrogen (secondary N) is 2. The minimum Gasteiger partial charge on any atom is -0.353 e. The van der Waals surface area contributed by atoms with E-state index in [2.05, 4.69) is 30.7 Å². The van der Waals surface area contributed by atoms with Crippen molar-refractivity contribution in [2.45, 2.75) is 6.42 Å². The molecular formula is C14H18F2N6. The number of nitrogens with zero attached hydrogens (tertiary/aromatic N) is 4. The predicted octanol–water partition coefficient (Wildman–Crippen LogP) is 2.26. The molecule has 0 spiro atoms. The molecule has 6 nitrogen and oxygen atoms in total. The Bertz CT molecular complexity index is 620. The van der Waals surface area contributed by atoms with Gasteiger partial charge in [-0.1, -0.05) is 0 Å². The molecule has 0 saturated carbocycles. The molecule has 1 aromatic carbocycles. The Morgan fingerprint density at radius 1 is 1.23 bits per heavy atom. The van der Waals surface area contributed by atoms with E-state index < -0.39 is 11.6 Å². The van der Waals surface area contributed by atoms with E-state index in [1.807, 2.05) is 14.1 Å². The monoisotopic (exact) mass is 308 g/mol. The lowest BCUT2D eigenvalue weighted by Gasteiger charge is -2.10. The molecule has 22 heavy (non-hydrogen) atoms. The van der Waals surface area contributed by atoms with Gasteiger partial charge < -0.3 is 15.5 Å². The summed E-state index contributed by atoms with van der Waals surface area (Å²) in [5, 5.41) is 13.4. The fraction of sp³-hybridized carbons (Fsp3) is 0.357. The molecule has 0 atom stereocenters. The first-order chi connectivity index (χ1) is 10.5. The van der Waals surface area contributed by atoms with E-state index in [0.717, 1.165) is 19.0 Å². The number of aromatic nitrogens is 3. The zero-order chi connectivity index (χ0) is 15.9. The van der Waals surface area contributed by atoms with Gasteiger partial charge in [-0.25, -0.2) is 8.78 Å². The Morgan fingerprint density at radius 2 is 2.05 bits per heavy atom. The summed E-state index contributed by atoms with van der Waals surface area (Å²) < 4.78 is 26.4. The zero-order valence-electron chi connectivity index (χ0n) is 12.5. The molecule has 0 bridgehead atoms. The van der Waals surface area contributed by atoms with Gasteiger partial charge in [0, 0.05) is 12.6 Å². The number of hydrogen-bond acceptors (Lipinski definition) is 6. The molecule has 0 unspecified atom stereocenters. The SMILES string of the molecule is CN(C)CCCNc1nncc(Nc2ccc(F)cc2F)n1. The highest BCUT2D eigenvalue weighted by atomic mass is 19.1. The number of hydrogen-bond donors (Lipinski definition) is 2. The highest BCUT2D eigenvalue weighted by molar-refractivity contribution is 5.56. The second kappa shape index (κ2) is 7.60. The van der Waals surface area contributed by atoms with Gasteiger partial charge >= 0.3 is 0 Å². The van der Waals surface area contributed by atoms with Crippen LogP contribution in [0.15, 0.2) is 24.4 Å². The van der Waals surface area contributed by atoms with E-state index in [1.165, 1.54) is 18.3 Å². The quantitative estimate of drug-likeness (QED) is 0.765. The van der Waals surface area contributed by atoms with Gasteiger partial charge in [0.05, 0.1) is 11.9 Å². The maximum Gasteiger partial charge on any atom is 0.244 e. The third-order valence-corrected chi connectivity index (χ3v) is 2.82. The summed E-state index contributed by atoms with van der Waals surface area (Å²) in [6.45, 7) is 1.65. The molecule has 0 aliphatic rings. The van der Waals surface area contributed by atoms with Gasteiger partial charge in [0.2, 0.25) is 5.95 Å². The minimum absolute atomic E-state index is 0.125. The molecule has 1 aromatic heterocycles. The van der Waals surface area contributed by atoms with E-state index in [0.29, 0.717) is 18.3 Å². The molecule has 0 aliphatic carbocycles. The first-order valence-corrected chi connectivity index (χ1v) is 6.85. The van der Waals surface area contributed by atoms with Crippen LogP contribution in [0.1, 0.15) is 6.42 Å². The third kappa shape index (κ3) is 4.88. The Balaban J connectivity index is 1.96. The van der Waals surface area contributed by atoms with Crippen LogP contribution in [-0.2, 0) is 0 Å². The summed E-state index contributed by atoms with van der Waals surface area (Å²) in [6.07, 6.45) is 2.30. The van der Waals surface area contributed by atoms with Crippen molar-refractivity contribution in [3.63, 3.8) is 0 Å². The fourth-order valence-corrected chi connectivity index (χ4v) is 1.76. The van der Waals surface area contributed by atoms with Crippen molar-refractivity contribution in [1.29, 1.82) is 0 Å². The Hall–Kier alpha value is -2.35. The summed E-state index contributed by atoms with van der Waals surface area (Å²) in [5.41, 5.74) is 0.125. The first kappa shape index (κ1) is 16.0. The third-order valence-electron chi connectivity index (χ3n) is 2.82. The molecular weight excluding hydrogens is 290 g/mol. The average molecular weight is 308 g/mol. The lowest BCUT2D eigenvalue weighted by Crippen LogP contribution is -2.17. The van der Waals surface area contributed by atoms with Gasteiger partial charge in [0.1, 0.15) is 11.6 Å². The normalized spacial score (nSPS) is 10.8. The zero-order valence-corrected chi connectivity index (χ0v) is 12.5. The van der Waals surface area contributed by atoms with Gasteiger partial charge in [-0.05, 0) is 39.2 Å². The Morgan fingerprint density at radius 3 is 2.77 bits per heavy atom. The maximum atomic E-state index is 13.6. The van der Waals surface area contributed by atoms with Gasteiger partial charge in [-0.15, -0.1) is 5.10 Å². The fourth-order valence-electron chi connectivity index (χ4n) is 1.76. The molecule has 2 rings (SSSR count). The molecule has 8 heteroatoms. The van der Waals surface area contributed by atoms with Crippen LogP contribution in [0.25, 0.3) is 0 Å². The van der Waals surface area contributed by atoms with Gasteiger partial charge in [-0.3, -0.25) is 0 Å². The summed E-state index contributed by atoms with van der Waals surface area (Å²) in [7, 11) is 4.00. The summed E-state index contributed by atoms with van der Waals surface area (Å²) in [5.74, 6) is -0.645. The molecule has 2 aromatic rings. The van der Waals surface area contributed by atoms with E-state index in [-0.39, 0.29) is 5.69 Å². The molecule has 0 radical (unpaired) electrons. The summed E-state index contributed by atoms with van der Waals surface area (Å²) in [6, 6.07) is 3.27. The minimum atomic E-state index is -0.695. The number of benzene rings is 1. The molecule has 0 fully saturated rings. The van der Waals surface area contributed by atoms with Crippen LogP contribution in [0.3, 0.4) is 0 Å². The molecule has 118 valence electrons. The van der Waals surface area contributed by atoms with Crippen LogP contribution in [0.4, 0.5) is 26.2 Å². The molecule has 1 heterocycles. The van der Waals surface area contributed by atoms with Crippen molar-refractivity contribution in [3.05, 3.63) is 36.0 Å².